The van der Waals surface area contributed by atoms with Crippen LogP contribution in [0.3, 0.4) is 0 Å². The molecule has 1 aromatic rings. The van der Waals surface area contributed by atoms with Crippen LogP contribution in [0.15, 0.2) is 24.3 Å². The van der Waals surface area contributed by atoms with Crippen LogP contribution in [0.1, 0.15) is 50.7 Å². The Labute approximate surface area is 109 Å². The van der Waals surface area contributed by atoms with Crippen LogP contribution < -0.4 is 0 Å². The third-order valence-corrected chi connectivity index (χ3v) is 4.16. The van der Waals surface area contributed by atoms with Crippen LogP contribution in [-0.2, 0) is 11.2 Å². The van der Waals surface area contributed by atoms with Crippen LogP contribution >= 0.6 is 0 Å². The largest absolute Gasteiger partial charge is 0.481 e. The van der Waals surface area contributed by atoms with Crippen molar-refractivity contribution in [3.8, 4) is 0 Å². The van der Waals surface area contributed by atoms with E-state index in [1.807, 2.05) is 12.1 Å². The molecule has 1 saturated carbocycles. The lowest BCUT2D eigenvalue weighted by Gasteiger charge is -2.44. The quantitative estimate of drug-likeness (QED) is 0.876. The van der Waals surface area contributed by atoms with Crippen LogP contribution in [0.2, 0.25) is 0 Å². The van der Waals surface area contributed by atoms with Gasteiger partial charge in [-0.3, -0.25) is 4.79 Å². The summed E-state index contributed by atoms with van der Waals surface area (Å²) in [5.74, 6) is -0.317. The van der Waals surface area contributed by atoms with Crippen LogP contribution in [0.25, 0.3) is 0 Å². The highest BCUT2D eigenvalue weighted by atomic mass is 16.4. The van der Waals surface area contributed by atoms with Crippen LogP contribution in [0.4, 0.5) is 0 Å². The molecular weight excluding hydrogens is 224 g/mol. The normalized spacial score (nSPS) is 28.5. The van der Waals surface area contributed by atoms with E-state index in [0.29, 0.717) is 5.41 Å². The van der Waals surface area contributed by atoms with Crippen molar-refractivity contribution in [2.24, 2.45) is 11.3 Å². The first-order valence-electron chi connectivity index (χ1n) is 6.71. The molecule has 1 aliphatic rings. The summed E-state index contributed by atoms with van der Waals surface area (Å²) in [5.41, 5.74) is 2.67. The van der Waals surface area contributed by atoms with E-state index in [1.54, 1.807) is 6.92 Å². The smallest absolute Gasteiger partial charge is 0.310 e. The molecule has 0 bridgehead atoms. The number of rotatable bonds is 4. The summed E-state index contributed by atoms with van der Waals surface area (Å²) in [4.78, 5) is 10.9. The second kappa shape index (κ2) is 4.75. The molecule has 0 radical (unpaired) electrons. The Balaban J connectivity index is 2.02. The standard InChI is InChI=1S/C16H22O2/c1-11-8-16(3,9-11)10-13-4-6-14(7-5-13)12(2)15(17)18/h4-7,11-12H,8-10H2,1-3H3,(H,17,18). The fourth-order valence-electron chi connectivity index (χ4n) is 3.33. The summed E-state index contributed by atoms with van der Waals surface area (Å²) in [6, 6.07) is 8.09. The maximum absolute atomic E-state index is 10.9. The van der Waals surface area contributed by atoms with Gasteiger partial charge in [0, 0.05) is 0 Å². The summed E-state index contributed by atoms with van der Waals surface area (Å²) in [6.45, 7) is 6.38. The fourth-order valence-corrected chi connectivity index (χ4v) is 3.33. The molecule has 0 spiro atoms. The molecule has 0 aliphatic heterocycles. The Morgan fingerprint density at radius 3 is 2.39 bits per heavy atom. The van der Waals surface area contributed by atoms with Crippen molar-refractivity contribution in [1.29, 1.82) is 0 Å². The fraction of sp³-hybridized carbons (Fsp3) is 0.562. The second-order valence-corrected chi connectivity index (χ2v) is 6.30. The van der Waals surface area contributed by atoms with E-state index in [-0.39, 0.29) is 0 Å². The molecule has 2 rings (SSSR count). The molecule has 1 unspecified atom stereocenters. The van der Waals surface area contributed by atoms with Gasteiger partial charge in [0.05, 0.1) is 5.92 Å². The highest BCUT2D eigenvalue weighted by Crippen LogP contribution is 2.47. The zero-order valence-electron chi connectivity index (χ0n) is 11.4. The molecule has 0 amide bonds. The van der Waals surface area contributed by atoms with Crippen LogP contribution in [0, 0.1) is 11.3 Å². The molecule has 1 fully saturated rings. The van der Waals surface area contributed by atoms with Crippen LogP contribution in [0.5, 0.6) is 0 Å². The van der Waals surface area contributed by atoms with E-state index in [4.69, 9.17) is 5.11 Å². The van der Waals surface area contributed by atoms with Gasteiger partial charge in [0.15, 0.2) is 0 Å². The molecule has 98 valence electrons. The Kier molecular flexibility index (Phi) is 3.47. The van der Waals surface area contributed by atoms with E-state index in [2.05, 4.69) is 26.0 Å². The van der Waals surface area contributed by atoms with Crippen LogP contribution in [-0.4, -0.2) is 11.1 Å². The van der Waals surface area contributed by atoms with Gasteiger partial charge < -0.3 is 5.11 Å². The van der Waals surface area contributed by atoms with Crippen molar-refractivity contribution in [2.75, 3.05) is 0 Å². The van der Waals surface area contributed by atoms with Gasteiger partial charge in [-0.2, -0.15) is 0 Å². The van der Waals surface area contributed by atoms with Crippen molar-refractivity contribution in [3.05, 3.63) is 35.4 Å². The van der Waals surface area contributed by atoms with Crippen molar-refractivity contribution in [3.63, 3.8) is 0 Å². The number of carboxylic acids is 1. The molecular formula is C16H22O2. The minimum Gasteiger partial charge on any atom is -0.481 e. The van der Waals surface area contributed by atoms with Gasteiger partial charge in [0.1, 0.15) is 0 Å². The summed E-state index contributed by atoms with van der Waals surface area (Å²) in [6.07, 6.45) is 3.72. The molecule has 18 heavy (non-hydrogen) atoms. The van der Waals surface area contributed by atoms with Gasteiger partial charge in [0.2, 0.25) is 0 Å². The predicted octanol–water partition coefficient (Wildman–Crippen LogP) is 3.85. The zero-order valence-corrected chi connectivity index (χ0v) is 11.4. The number of benzene rings is 1. The third kappa shape index (κ3) is 2.74. The van der Waals surface area contributed by atoms with Gasteiger partial charge >= 0.3 is 5.97 Å². The van der Waals surface area contributed by atoms with Gasteiger partial charge in [-0.15, -0.1) is 0 Å². The average Bonchev–Trinajstić information content (AvgIpc) is 2.27. The molecule has 2 nitrogen and oxygen atoms in total. The second-order valence-electron chi connectivity index (χ2n) is 6.30. The molecule has 1 N–H and O–H groups in total. The summed E-state index contributed by atoms with van der Waals surface area (Å²) >= 11 is 0. The van der Waals surface area contributed by atoms with Gasteiger partial charge in [-0.25, -0.2) is 0 Å². The molecule has 0 saturated heterocycles. The van der Waals surface area contributed by atoms with E-state index in [1.165, 1.54) is 18.4 Å². The summed E-state index contributed by atoms with van der Waals surface area (Å²) < 4.78 is 0. The number of hydrogen-bond acceptors (Lipinski definition) is 1. The number of carbonyl (C=O) groups is 1. The van der Waals surface area contributed by atoms with Crippen molar-refractivity contribution < 1.29 is 9.90 Å². The van der Waals surface area contributed by atoms with E-state index >= 15 is 0 Å². The predicted molar refractivity (Wildman–Crippen MR) is 72.7 cm³/mol. The lowest BCUT2D eigenvalue weighted by molar-refractivity contribution is -0.138. The number of hydrogen-bond donors (Lipinski definition) is 1. The first kappa shape index (κ1) is 13.1. The zero-order chi connectivity index (χ0) is 13.3. The first-order valence-corrected chi connectivity index (χ1v) is 6.71. The molecule has 1 aromatic carbocycles. The highest BCUT2D eigenvalue weighted by molar-refractivity contribution is 5.75. The number of carboxylic acid groups (broad SMARTS) is 1. The molecule has 0 aromatic heterocycles. The molecule has 2 heteroatoms. The first-order chi connectivity index (χ1) is 8.39. The third-order valence-electron chi connectivity index (χ3n) is 4.16. The van der Waals surface area contributed by atoms with Crippen molar-refractivity contribution in [1.82, 2.24) is 0 Å². The Bertz CT molecular complexity index is 427. The lowest BCUT2D eigenvalue weighted by atomic mass is 9.61. The van der Waals surface area contributed by atoms with Crippen molar-refractivity contribution >= 4 is 5.97 Å². The topological polar surface area (TPSA) is 37.3 Å². The Hall–Kier alpha value is -1.31. The lowest BCUT2D eigenvalue weighted by Crippen LogP contribution is -2.34. The van der Waals surface area contributed by atoms with Gasteiger partial charge in [-0.1, -0.05) is 38.1 Å². The van der Waals surface area contributed by atoms with E-state index in [9.17, 15) is 4.79 Å². The SMILES string of the molecule is CC1CC(C)(Cc2ccc(C(C)C(=O)O)cc2)C1. The van der Waals surface area contributed by atoms with Gasteiger partial charge in [0.25, 0.3) is 0 Å². The van der Waals surface area contributed by atoms with E-state index in [0.717, 1.165) is 17.9 Å². The average molecular weight is 246 g/mol. The maximum Gasteiger partial charge on any atom is 0.310 e. The molecule has 1 aliphatic carbocycles. The number of aliphatic carboxylic acids is 1. The minimum atomic E-state index is -0.762. The summed E-state index contributed by atoms with van der Waals surface area (Å²) in [7, 11) is 0. The van der Waals surface area contributed by atoms with E-state index < -0.39 is 11.9 Å². The molecule has 1 atom stereocenters. The maximum atomic E-state index is 10.9. The summed E-state index contributed by atoms with van der Waals surface area (Å²) in [5, 5.41) is 8.97. The minimum absolute atomic E-state index is 0.418. The highest BCUT2D eigenvalue weighted by Gasteiger charge is 2.37. The van der Waals surface area contributed by atoms with Gasteiger partial charge in [-0.05, 0) is 48.6 Å². The Morgan fingerprint density at radius 2 is 1.94 bits per heavy atom. The van der Waals surface area contributed by atoms with Crippen molar-refractivity contribution in [2.45, 2.75) is 46.0 Å². The Morgan fingerprint density at radius 1 is 1.39 bits per heavy atom. The molecule has 0 heterocycles. The monoisotopic (exact) mass is 246 g/mol.